The molecule has 0 N–H and O–H groups in total. The lowest BCUT2D eigenvalue weighted by atomic mass is 9.63. The van der Waals surface area contributed by atoms with E-state index in [4.69, 9.17) is 14.2 Å². The molecule has 0 aromatic heterocycles. The van der Waals surface area contributed by atoms with Gasteiger partial charge in [0.15, 0.2) is 11.1 Å². The molecule has 23 heavy (non-hydrogen) atoms. The van der Waals surface area contributed by atoms with E-state index >= 15 is 0 Å². The Hall–Kier alpha value is -1.43. The van der Waals surface area contributed by atoms with E-state index in [-0.39, 0.29) is 5.41 Å². The molecule has 0 saturated heterocycles. The summed E-state index contributed by atoms with van der Waals surface area (Å²) in [6.07, 6.45) is 2.67. The molecular weight excluding hydrogens is 298 g/mol. The molecular formula is C17H25NO5. The second kappa shape index (κ2) is 4.79. The van der Waals surface area contributed by atoms with Crippen LogP contribution in [0.1, 0.15) is 40.0 Å². The quantitative estimate of drug-likeness (QED) is 0.584. The summed E-state index contributed by atoms with van der Waals surface area (Å²) in [6.45, 7) is 6.85. The van der Waals surface area contributed by atoms with Crippen molar-refractivity contribution in [3.8, 4) is 0 Å². The lowest BCUT2D eigenvalue weighted by Gasteiger charge is -2.49. The third-order valence-corrected chi connectivity index (χ3v) is 6.62. The predicted molar refractivity (Wildman–Crippen MR) is 83.2 cm³/mol. The van der Waals surface area contributed by atoms with Crippen LogP contribution in [0.2, 0.25) is 0 Å². The van der Waals surface area contributed by atoms with Crippen LogP contribution >= 0.6 is 0 Å². The van der Waals surface area contributed by atoms with Crippen LogP contribution in [-0.2, 0) is 23.8 Å². The van der Waals surface area contributed by atoms with E-state index in [2.05, 4.69) is 25.8 Å². The number of ether oxygens (including phenoxy) is 3. The minimum atomic E-state index is -1.05. The second-order valence-electron chi connectivity index (χ2n) is 7.83. The predicted octanol–water partition coefficient (Wildman–Crippen LogP) is 1.76. The fourth-order valence-corrected chi connectivity index (χ4v) is 4.31. The Bertz CT molecular complexity index is 586. The maximum Gasteiger partial charge on any atom is 0.336 e. The van der Waals surface area contributed by atoms with Crippen LogP contribution < -0.4 is 0 Å². The van der Waals surface area contributed by atoms with Gasteiger partial charge in [-0.3, -0.25) is 0 Å². The number of aldehydes is 1. The van der Waals surface area contributed by atoms with E-state index in [1.165, 1.54) is 0 Å². The van der Waals surface area contributed by atoms with Gasteiger partial charge in [0.05, 0.1) is 19.6 Å². The van der Waals surface area contributed by atoms with Crippen molar-refractivity contribution in [1.29, 1.82) is 0 Å². The van der Waals surface area contributed by atoms with Gasteiger partial charge >= 0.3 is 5.97 Å². The fourth-order valence-electron chi connectivity index (χ4n) is 4.31. The van der Waals surface area contributed by atoms with Crippen LogP contribution in [0.4, 0.5) is 0 Å². The molecule has 1 aliphatic heterocycles. The first kappa shape index (κ1) is 16.4. The van der Waals surface area contributed by atoms with E-state index in [1.807, 2.05) is 0 Å². The van der Waals surface area contributed by atoms with Crippen LogP contribution in [0.3, 0.4) is 0 Å². The van der Waals surface area contributed by atoms with Gasteiger partial charge in [-0.1, -0.05) is 20.8 Å². The zero-order valence-corrected chi connectivity index (χ0v) is 14.5. The first-order valence-corrected chi connectivity index (χ1v) is 8.05. The number of methoxy groups -OCH3 is 2. The maximum absolute atomic E-state index is 12.7. The maximum atomic E-state index is 12.7. The van der Waals surface area contributed by atoms with Crippen molar-refractivity contribution in [2.45, 2.75) is 51.2 Å². The topological polar surface area (TPSA) is 74.2 Å². The third-order valence-electron chi connectivity index (χ3n) is 6.62. The molecule has 3 rings (SSSR count). The Labute approximate surface area is 136 Å². The van der Waals surface area contributed by atoms with Crippen LogP contribution in [0.5, 0.6) is 0 Å². The highest BCUT2D eigenvalue weighted by atomic mass is 16.6. The van der Waals surface area contributed by atoms with Gasteiger partial charge in [0.25, 0.3) is 0 Å². The lowest BCUT2D eigenvalue weighted by molar-refractivity contribution is -0.174. The Morgan fingerprint density at radius 3 is 2.52 bits per heavy atom. The molecule has 0 radical (unpaired) electrons. The monoisotopic (exact) mass is 323 g/mol. The molecule has 1 heterocycles. The van der Waals surface area contributed by atoms with Crippen LogP contribution in [0.15, 0.2) is 4.99 Å². The highest BCUT2D eigenvalue weighted by molar-refractivity contribution is 6.01. The van der Waals surface area contributed by atoms with Crippen LogP contribution in [-0.4, -0.2) is 50.1 Å². The normalized spacial score (nSPS) is 44.1. The molecule has 2 saturated carbocycles. The molecule has 0 aromatic carbocycles. The molecule has 0 amide bonds. The van der Waals surface area contributed by atoms with Crippen molar-refractivity contribution >= 4 is 18.2 Å². The van der Waals surface area contributed by atoms with E-state index in [9.17, 15) is 9.59 Å². The van der Waals surface area contributed by atoms with Gasteiger partial charge in [-0.2, -0.15) is 0 Å². The number of esters is 1. The Kier molecular flexibility index (Phi) is 3.42. The highest BCUT2D eigenvalue weighted by Gasteiger charge is 2.73. The number of rotatable bonds is 3. The van der Waals surface area contributed by atoms with Crippen molar-refractivity contribution in [3.05, 3.63) is 0 Å². The second-order valence-corrected chi connectivity index (χ2v) is 7.83. The number of carbonyl (C=O) groups excluding carboxylic acids is 2. The van der Waals surface area contributed by atoms with Gasteiger partial charge < -0.3 is 19.0 Å². The summed E-state index contributed by atoms with van der Waals surface area (Å²) in [5.74, 6) is -0.358. The number of hydrogen-bond acceptors (Lipinski definition) is 6. The zero-order valence-electron chi connectivity index (χ0n) is 14.5. The van der Waals surface area contributed by atoms with Crippen LogP contribution in [0, 0.1) is 16.7 Å². The number of nitrogens with zero attached hydrogens (tertiary/aromatic N) is 1. The van der Waals surface area contributed by atoms with Gasteiger partial charge in [0.1, 0.15) is 6.29 Å². The standard InChI is InChI=1S/C17H25NO5/c1-14(2)15(3,10-21-4)6-7-17(14)12(22-5)18-16(13(20)23-17)8-11(16)9-19/h9,11H,6-8,10H2,1-5H3/t11-,15-,16-,17?/m0/s1. The molecule has 0 bridgehead atoms. The van der Waals surface area contributed by atoms with Gasteiger partial charge in [0.2, 0.25) is 5.90 Å². The van der Waals surface area contributed by atoms with Gasteiger partial charge in [-0.25, -0.2) is 9.79 Å². The number of aliphatic imine (C=N–C) groups is 1. The molecule has 0 aromatic rings. The van der Waals surface area contributed by atoms with Crippen molar-refractivity contribution in [2.24, 2.45) is 21.7 Å². The fraction of sp³-hybridized carbons (Fsp3) is 0.824. The Morgan fingerprint density at radius 1 is 1.30 bits per heavy atom. The smallest absolute Gasteiger partial charge is 0.336 e. The largest absolute Gasteiger partial charge is 0.481 e. The Balaban J connectivity index is 2.06. The average Bonchev–Trinajstić information content (AvgIpc) is 3.18. The molecule has 3 aliphatic rings. The number of hydrogen-bond donors (Lipinski definition) is 0. The summed E-state index contributed by atoms with van der Waals surface area (Å²) < 4.78 is 17.0. The van der Waals surface area contributed by atoms with Crippen molar-refractivity contribution in [3.63, 3.8) is 0 Å². The van der Waals surface area contributed by atoms with Crippen molar-refractivity contribution in [1.82, 2.24) is 0 Å². The molecule has 1 unspecified atom stereocenters. The molecule has 2 fully saturated rings. The van der Waals surface area contributed by atoms with E-state index in [1.54, 1.807) is 14.2 Å². The summed E-state index contributed by atoms with van der Waals surface area (Å²) in [4.78, 5) is 28.3. The summed E-state index contributed by atoms with van der Waals surface area (Å²) in [7, 11) is 3.23. The number of carbonyl (C=O) groups is 2. The SMILES string of the molecule is COC[C@]1(C)CCC2(OC(=O)[C@@]3(C[C@H]3C=O)N=C2OC)C1(C)C. The van der Waals surface area contributed by atoms with Crippen LogP contribution in [0.25, 0.3) is 0 Å². The van der Waals surface area contributed by atoms with Gasteiger partial charge in [-0.05, 0) is 19.3 Å². The Morgan fingerprint density at radius 2 is 2.00 bits per heavy atom. The minimum Gasteiger partial charge on any atom is -0.481 e. The minimum absolute atomic E-state index is 0.167. The first-order valence-electron chi connectivity index (χ1n) is 8.05. The third kappa shape index (κ3) is 1.81. The molecule has 6 nitrogen and oxygen atoms in total. The van der Waals surface area contributed by atoms with E-state index < -0.39 is 28.4 Å². The van der Waals surface area contributed by atoms with Gasteiger partial charge in [0, 0.05) is 17.9 Å². The molecule has 2 aliphatic carbocycles. The average molecular weight is 323 g/mol. The molecule has 4 atom stereocenters. The summed E-state index contributed by atoms with van der Waals surface area (Å²) in [5.41, 5.74) is -2.52. The zero-order chi connectivity index (χ0) is 17.1. The van der Waals surface area contributed by atoms with Gasteiger partial charge in [-0.15, -0.1) is 0 Å². The highest BCUT2D eigenvalue weighted by Crippen LogP contribution is 2.63. The van der Waals surface area contributed by atoms with Crippen molar-refractivity contribution < 1.29 is 23.8 Å². The van der Waals surface area contributed by atoms with Crippen molar-refractivity contribution in [2.75, 3.05) is 20.8 Å². The summed E-state index contributed by atoms with van der Waals surface area (Å²) in [6, 6.07) is 0. The summed E-state index contributed by atoms with van der Waals surface area (Å²) in [5, 5.41) is 0. The molecule has 128 valence electrons. The molecule has 2 spiro atoms. The lowest BCUT2D eigenvalue weighted by Crippen LogP contribution is -2.60. The first-order chi connectivity index (χ1) is 10.7. The van der Waals surface area contributed by atoms with E-state index in [0.717, 1.165) is 12.7 Å². The summed E-state index contributed by atoms with van der Waals surface area (Å²) >= 11 is 0. The molecule has 6 heteroatoms. The van der Waals surface area contributed by atoms with E-state index in [0.29, 0.717) is 25.3 Å².